The van der Waals surface area contributed by atoms with Gasteiger partial charge in [-0.05, 0) is 37.1 Å². The summed E-state index contributed by atoms with van der Waals surface area (Å²) in [6, 6.07) is 5.82. The average Bonchev–Trinajstić information content (AvgIpc) is 2.92. The van der Waals surface area contributed by atoms with Crippen molar-refractivity contribution in [1.82, 2.24) is 4.90 Å². The number of fused-ring (bicyclic) bond motifs is 1. The first-order valence-corrected chi connectivity index (χ1v) is 7.35. The molecule has 1 fully saturated rings. The maximum Gasteiger partial charge on any atom is 0.254 e. The van der Waals surface area contributed by atoms with Crippen LogP contribution in [0.15, 0.2) is 18.2 Å². The number of nitrogens with two attached hydrogens (primary N) is 1. The highest BCUT2D eigenvalue weighted by Gasteiger charge is 2.35. The van der Waals surface area contributed by atoms with Gasteiger partial charge in [-0.25, -0.2) is 0 Å². The Labute approximate surface area is 125 Å². The molecule has 2 N–H and O–H groups in total. The summed E-state index contributed by atoms with van der Waals surface area (Å²) in [4.78, 5) is 14.6. The van der Waals surface area contributed by atoms with Crippen molar-refractivity contribution in [3.05, 3.63) is 34.9 Å². The lowest BCUT2D eigenvalue weighted by Gasteiger charge is -2.42. The first-order chi connectivity index (χ1) is 9.98. The number of carbonyl (C=O) groups is 1. The monoisotopic (exact) mass is 290 g/mol. The van der Waals surface area contributed by atoms with E-state index in [4.69, 9.17) is 15.2 Å². The number of hydrogen-bond acceptors (Lipinski definition) is 4. The molecule has 3 rings (SSSR count). The number of ether oxygens (including phenoxy) is 2. The first-order valence-electron chi connectivity index (χ1n) is 7.35. The summed E-state index contributed by atoms with van der Waals surface area (Å²) in [7, 11) is 0. The zero-order chi connectivity index (χ0) is 15.0. The minimum Gasteiger partial charge on any atom is -0.372 e. The van der Waals surface area contributed by atoms with E-state index < -0.39 is 0 Å². The highest BCUT2D eigenvalue weighted by molar-refractivity contribution is 5.94. The molecule has 1 amide bonds. The van der Waals surface area contributed by atoms with Gasteiger partial charge in [0, 0.05) is 25.2 Å². The summed E-state index contributed by atoms with van der Waals surface area (Å²) in [5, 5.41) is 0. The summed E-state index contributed by atoms with van der Waals surface area (Å²) in [5.41, 5.74) is 8.36. The van der Waals surface area contributed by atoms with E-state index in [1.54, 1.807) is 0 Å². The third-order valence-electron chi connectivity index (χ3n) is 4.00. The van der Waals surface area contributed by atoms with E-state index in [2.05, 4.69) is 0 Å². The smallest absolute Gasteiger partial charge is 0.254 e. The zero-order valence-corrected chi connectivity index (χ0v) is 12.6. The minimum atomic E-state index is -0.363. The van der Waals surface area contributed by atoms with Crippen LogP contribution in [0.5, 0.6) is 0 Å². The third-order valence-corrected chi connectivity index (χ3v) is 4.00. The normalized spacial score (nSPS) is 24.0. The second kappa shape index (κ2) is 5.40. The summed E-state index contributed by atoms with van der Waals surface area (Å²) < 4.78 is 11.3. The number of carbonyl (C=O) groups excluding carboxylic acids is 1. The lowest BCUT2D eigenvalue weighted by Crippen LogP contribution is -2.56. The molecule has 0 aliphatic carbocycles. The van der Waals surface area contributed by atoms with Gasteiger partial charge in [0.05, 0.1) is 24.9 Å². The molecule has 2 aliphatic heterocycles. The van der Waals surface area contributed by atoms with E-state index in [1.165, 1.54) is 5.56 Å². The lowest BCUT2D eigenvalue weighted by atomic mass is 10.0. The topological polar surface area (TPSA) is 64.8 Å². The molecule has 0 bridgehead atoms. The van der Waals surface area contributed by atoms with Crippen molar-refractivity contribution in [2.45, 2.75) is 38.8 Å². The summed E-state index contributed by atoms with van der Waals surface area (Å²) in [5.74, 6) is 0.0412. The molecular weight excluding hydrogens is 268 g/mol. The molecule has 2 heterocycles. The van der Waals surface area contributed by atoms with Gasteiger partial charge < -0.3 is 20.1 Å². The van der Waals surface area contributed by atoms with Gasteiger partial charge in [-0.2, -0.15) is 0 Å². The number of benzene rings is 1. The van der Waals surface area contributed by atoms with Crippen LogP contribution in [0.4, 0.5) is 0 Å². The fraction of sp³-hybridized carbons (Fsp3) is 0.562. The van der Waals surface area contributed by atoms with Gasteiger partial charge in [-0.3, -0.25) is 4.79 Å². The molecule has 21 heavy (non-hydrogen) atoms. The lowest BCUT2D eigenvalue weighted by molar-refractivity contribution is -0.122. The van der Waals surface area contributed by atoms with Gasteiger partial charge in [0.2, 0.25) is 0 Å². The molecule has 0 aromatic heterocycles. The van der Waals surface area contributed by atoms with Crippen molar-refractivity contribution in [2.24, 2.45) is 5.73 Å². The fourth-order valence-corrected chi connectivity index (χ4v) is 3.06. The van der Waals surface area contributed by atoms with Crippen molar-refractivity contribution >= 4 is 5.91 Å². The number of rotatable bonds is 2. The van der Waals surface area contributed by atoms with E-state index in [1.807, 2.05) is 36.9 Å². The molecule has 5 heteroatoms. The Kier molecular flexibility index (Phi) is 3.73. The van der Waals surface area contributed by atoms with E-state index >= 15 is 0 Å². The Morgan fingerprint density at radius 2 is 2.14 bits per heavy atom. The molecule has 0 saturated carbocycles. The molecule has 1 aromatic rings. The number of morpholine rings is 1. The van der Waals surface area contributed by atoms with Crippen molar-refractivity contribution in [3.8, 4) is 0 Å². The summed E-state index contributed by atoms with van der Waals surface area (Å²) in [6.07, 6.45) is -0.101. The van der Waals surface area contributed by atoms with E-state index in [-0.39, 0.29) is 17.6 Å². The maximum atomic E-state index is 12.7. The zero-order valence-electron chi connectivity index (χ0n) is 12.6. The van der Waals surface area contributed by atoms with Crippen LogP contribution in [0.3, 0.4) is 0 Å². The SMILES string of the molecule is CC1(C)CN(C(=O)c2ccc3c(c2)COC3)CC(CN)O1. The molecule has 1 saturated heterocycles. The van der Waals surface area contributed by atoms with Crippen LogP contribution in [0, 0.1) is 0 Å². The van der Waals surface area contributed by atoms with Gasteiger partial charge in [0.1, 0.15) is 0 Å². The third kappa shape index (κ3) is 2.95. The van der Waals surface area contributed by atoms with Gasteiger partial charge in [0.25, 0.3) is 5.91 Å². The van der Waals surface area contributed by atoms with Crippen molar-refractivity contribution < 1.29 is 14.3 Å². The van der Waals surface area contributed by atoms with Gasteiger partial charge in [0.15, 0.2) is 0 Å². The van der Waals surface area contributed by atoms with Crippen LogP contribution in [0.1, 0.15) is 35.3 Å². The first kappa shape index (κ1) is 14.5. The Bertz CT molecular complexity index is 556. The highest BCUT2D eigenvalue weighted by atomic mass is 16.5. The highest BCUT2D eigenvalue weighted by Crippen LogP contribution is 2.25. The van der Waals surface area contributed by atoms with Gasteiger partial charge in [-0.1, -0.05) is 6.07 Å². The van der Waals surface area contributed by atoms with Crippen LogP contribution in [0.25, 0.3) is 0 Å². The van der Waals surface area contributed by atoms with Crippen LogP contribution in [-0.4, -0.2) is 42.1 Å². The number of amides is 1. The van der Waals surface area contributed by atoms with Crippen molar-refractivity contribution in [1.29, 1.82) is 0 Å². The quantitative estimate of drug-likeness (QED) is 0.891. The van der Waals surface area contributed by atoms with Crippen LogP contribution < -0.4 is 5.73 Å². The second-order valence-electron chi connectivity index (χ2n) is 6.40. The molecule has 1 unspecified atom stereocenters. The summed E-state index contributed by atoms with van der Waals surface area (Å²) in [6.45, 7) is 6.77. The fourth-order valence-electron chi connectivity index (χ4n) is 3.06. The Balaban J connectivity index is 1.81. The Morgan fingerprint density at radius 1 is 1.38 bits per heavy atom. The van der Waals surface area contributed by atoms with Crippen LogP contribution in [0.2, 0.25) is 0 Å². The largest absolute Gasteiger partial charge is 0.372 e. The Hall–Kier alpha value is -1.43. The number of hydrogen-bond donors (Lipinski definition) is 1. The maximum absolute atomic E-state index is 12.7. The molecule has 1 aromatic carbocycles. The summed E-state index contributed by atoms with van der Waals surface area (Å²) >= 11 is 0. The van der Waals surface area contributed by atoms with Crippen LogP contribution in [-0.2, 0) is 22.7 Å². The predicted octanol–water partition coefficient (Wildman–Crippen LogP) is 1.30. The molecule has 114 valence electrons. The van der Waals surface area contributed by atoms with Crippen molar-refractivity contribution in [2.75, 3.05) is 19.6 Å². The Morgan fingerprint density at radius 3 is 2.90 bits per heavy atom. The molecule has 2 aliphatic rings. The van der Waals surface area contributed by atoms with Gasteiger partial charge in [-0.15, -0.1) is 0 Å². The van der Waals surface area contributed by atoms with Gasteiger partial charge >= 0.3 is 0 Å². The van der Waals surface area contributed by atoms with E-state index in [0.717, 1.165) is 5.56 Å². The van der Waals surface area contributed by atoms with Crippen molar-refractivity contribution in [3.63, 3.8) is 0 Å². The van der Waals surface area contributed by atoms with Crippen LogP contribution >= 0.6 is 0 Å². The van der Waals surface area contributed by atoms with E-state index in [0.29, 0.717) is 38.4 Å². The molecule has 5 nitrogen and oxygen atoms in total. The molecule has 0 radical (unpaired) electrons. The molecule has 0 spiro atoms. The molecule has 1 atom stereocenters. The number of nitrogens with zero attached hydrogens (tertiary/aromatic N) is 1. The van der Waals surface area contributed by atoms with E-state index in [9.17, 15) is 4.79 Å². The minimum absolute atomic E-state index is 0.0412. The molecular formula is C16H22N2O3. The standard InChI is InChI=1S/C16H22N2O3/c1-16(2)10-18(7-14(6-17)21-16)15(19)11-3-4-12-8-20-9-13(12)5-11/h3-5,14H,6-10,17H2,1-2H3. The second-order valence-corrected chi connectivity index (χ2v) is 6.40. The average molecular weight is 290 g/mol. The predicted molar refractivity (Wildman–Crippen MR) is 78.8 cm³/mol.